The van der Waals surface area contributed by atoms with Crippen LogP contribution in [0.15, 0.2) is 71.7 Å². The smallest absolute Gasteiger partial charge is 0.267 e. The van der Waals surface area contributed by atoms with Crippen molar-refractivity contribution in [3.63, 3.8) is 0 Å². The molecule has 0 bridgehead atoms. The Morgan fingerprint density at radius 1 is 1.00 bits per heavy atom. The Kier molecular flexibility index (Phi) is 6.07. The number of aryl methyl sites for hydroxylation is 2. The molecule has 6 heteroatoms. The number of benzene rings is 2. The zero-order valence-electron chi connectivity index (χ0n) is 18.7. The van der Waals surface area contributed by atoms with Crippen molar-refractivity contribution in [1.29, 1.82) is 0 Å². The molecule has 1 N–H and O–H groups in total. The molecule has 168 valence electrons. The van der Waals surface area contributed by atoms with E-state index in [0.29, 0.717) is 6.54 Å². The van der Waals surface area contributed by atoms with E-state index >= 15 is 0 Å². The van der Waals surface area contributed by atoms with Gasteiger partial charge in [0.05, 0.1) is 5.69 Å². The first-order chi connectivity index (χ1) is 16.2. The van der Waals surface area contributed by atoms with Crippen molar-refractivity contribution >= 4 is 16.8 Å². The Hall–Kier alpha value is -3.67. The van der Waals surface area contributed by atoms with Gasteiger partial charge in [-0.05, 0) is 54.9 Å². The van der Waals surface area contributed by atoms with Crippen LogP contribution in [0.2, 0.25) is 0 Å². The molecule has 0 aliphatic heterocycles. The quantitative estimate of drug-likeness (QED) is 0.478. The number of hydrogen-bond donors (Lipinski definition) is 1. The molecule has 4 aromatic rings. The van der Waals surface area contributed by atoms with Crippen LogP contribution >= 0.6 is 0 Å². The SMILES string of the molecule is O=C(Cn1nc2c(cc1=O)CCCC2)NCCc1cn(Cc2ccccc2)c2ccccc12. The van der Waals surface area contributed by atoms with Gasteiger partial charge in [0.15, 0.2) is 0 Å². The van der Waals surface area contributed by atoms with Crippen LogP contribution in [0.3, 0.4) is 0 Å². The highest BCUT2D eigenvalue weighted by atomic mass is 16.2. The standard InChI is InChI=1S/C27H28N4O2/c32-26(19-31-27(33)16-21-10-4-6-12-24(21)29-31)28-15-14-22-18-30(17-20-8-2-1-3-9-20)25-13-7-5-11-23(22)25/h1-3,5,7-9,11,13,16,18H,4,6,10,12,14-15,17,19H2,(H,28,32). The summed E-state index contributed by atoms with van der Waals surface area (Å²) in [6.07, 6.45) is 6.87. The molecule has 33 heavy (non-hydrogen) atoms. The first-order valence-corrected chi connectivity index (χ1v) is 11.6. The highest BCUT2D eigenvalue weighted by Crippen LogP contribution is 2.23. The van der Waals surface area contributed by atoms with Crippen molar-refractivity contribution < 1.29 is 4.79 Å². The molecular formula is C27H28N4O2. The van der Waals surface area contributed by atoms with E-state index in [4.69, 9.17) is 0 Å². The summed E-state index contributed by atoms with van der Waals surface area (Å²) in [5.41, 5.74) is 5.43. The van der Waals surface area contributed by atoms with E-state index in [1.165, 1.54) is 26.7 Å². The molecule has 0 fully saturated rings. The van der Waals surface area contributed by atoms with Gasteiger partial charge in [-0.1, -0.05) is 48.5 Å². The lowest BCUT2D eigenvalue weighted by atomic mass is 9.97. The molecule has 1 aliphatic rings. The summed E-state index contributed by atoms with van der Waals surface area (Å²) in [5.74, 6) is -0.187. The summed E-state index contributed by atoms with van der Waals surface area (Å²) in [4.78, 5) is 24.9. The Labute approximate surface area is 192 Å². The first kappa shape index (κ1) is 21.2. The molecule has 0 radical (unpaired) electrons. The molecule has 0 saturated heterocycles. The summed E-state index contributed by atoms with van der Waals surface area (Å²) in [6, 6.07) is 20.4. The van der Waals surface area contributed by atoms with Crippen molar-refractivity contribution in [1.82, 2.24) is 19.7 Å². The van der Waals surface area contributed by atoms with Crippen LogP contribution in [0.5, 0.6) is 0 Å². The molecule has 0 unspecified atom stereocenters. The molecule has 0 saturated carbocycles. The topological polar surface area (TPSA) is 68.9 Å². The third kappa shape index (κ3) is 4.75. The molecule has 1 amide bonds. The molecule has 2 heterocycles. The number of fused-ring (bicyclic) bond motifs is 2. The van der Waals surface area contributed by atoms with Crippen molar-refractivity contribution in [3.05, 3.63) is 99.6 Å². The lowest BCUT2D eigenvalue weighted by Gasteiger charge is -2.15. The zero-order chi connectivity index (χ0) is 22.6. The zero-order valence-corrected chi connectivity index (χ0v) is 18.7. The van der Waals surface area contributed by atoms with Crippen LogP contribution in [0, 0.1) is 0 Å². The maximum absolute atomic E-state index is 12.5. The monoisotopic (exact) mass is 440 g/mol. The lowest BCUT2D eigenvalue weighted by Crippen LogP contribution is -2.35. The molecule has 2 aromatic heterocycles. The van der Waals surface area contributed by atoms with Crippen LogP contribution < -0.4 is 10.9 Å². The van der Waals surface area contributed by atoms with E-state index in [1.54, 1.807) is 6.07 Å². The number of para-hydroxylation sites is 1. The van der Waals surface area contributed by atoms with Gasteiger partial charge < -0.3 is 9.88 Å². The number of nitrogens with zero attached hydrogens (tertiary/aromatic N) is 3. The van der Waals surface area contributed by atoms with Gasteiger partial charge in [0.1, 0.15) is 6.54 Å². The van der Waals surface area contributed by atoms with Crippen molar-refractivity contribution in [3.8, 4) is 0 Å². The minimum atomic E-state index is -0.199. The van der Waals surface area contributed by atoms with Crippen LogP contribution in [0.25, 0.3) is 10.9 Å². The fourth-order valence-corrected chi connectivity index (χ4v) is 4.68. The van der Waals surface area contributed by atoms with Gasteiger partial charge in [0.25, 0.3) is 5.56 Å². The summed E-state index contributed by atoms with van der Waals surface area (Å²) in [7, 11) is 0. The van der Waals surface area contributed by atoms with E-state index in [-0.39, 0.29) is 18.0 Å². The van der Waals surface area contributed by atoms with Gasteiger partial charge in [0.2, 0.25) is 5.91 Å². The minimum absolute atomic E-state index is 0.0398. The summed E-state index contributed by atoms with van der Waals surface area (Å²) >= 11 is 0. The summed E-state index contributed by atoms with van der Waals surface area (Å²) in [6.45, 7) is 1.28. The number of carbonyl (C=O) groups excluding carboxylic acids is 1. The van der Waals surface area contributed by atoms with E-state index in [9.17, 15) is 9.59 Å². The first-order valence-electron chi connectivity index (χ1n) is 11.6. The predicted octanol–water partition coefficient (Wildman–Crippen LogP) is 3.48. The normalized spacial score (nSPS) is 13.1. The Morgan fingerprint density at radius 3 is 2.67 bits per heavy atom. The molecule has 0 atom stereocenters. The Balaban J connectivity index is 1.24. The van der Waals surface area contributed by atoms with Crippen molar-refractivity contribution in [2.45, 2.75) is 45.2 Å². The van der Waals surface area contributed by atoms with Gasteiger partial charge >= 0.3 is 0 Å². The fourth-order valence-electron chi connectivity index (χ4n) is 4.68. The number of hydrogen-bond acceptors (Lipinski definition) is 3. The average Bonchev–Trinajstić information content (AvgIpc) is 3.17. The van der Waals surface area contributed by atoms with Gasteiger partial charge in [-0.15, -0.1) is 0 Å². The number of rotatable bonds is 7. The van der Waals surface area contributed by atoms with Gasteiger partial charge in [0, 0.05) is 36.3 Å². The van der Waals surface area contributed by atoms with Gasteiger partial charge in [-0.2, -0.15) is 5.10 Å². The number of amides is 1. The van der Waals surface area contributed by atoms with Gasteiger partial charge in [-0.3, -0.25) is 9.59 Å². The lowest BCUT2D eigenvalue weighted by molar-refractivity contribution is -0.121. The largest absolute Gasteiger partial charge is 0.354 e. The van der Waals surface area contributed by atoms with E-state index in [1.807, 2.05) is 12.1 Å². The van der Waals surface area contributed by atoms with Crippen LogP contribution in [-0.2, 0) is 37.1 Å². The molecule has 0 spiro atoms. The third-order valence-corrected chi connectivity index (χ3v) is 6.35. The Bertz CT molecular complexity index is 1340. The Morgan fingerprint density at radius 2 is 1.79 bits per heavy atom. The molecular weight excluding hydrogens is 412 g/mol. The number of aromatic nitrogens is 3. The van der Waals surface area contributed by atoms with Gasteiger partial charge in [-0.25, -0.2) is 4.68 Å². The minimum Gasteiger partial charge on any atom is -0.354 e. The highest BCUT2D eigenvalue weighted by molar-refractivity contribution is 5.84. The molecule has 2 aromatic carbocycles. The third-order valence-electron chi connectivity index (χ3n) is 6.35. The number of carbonyl (C=O) groups is 1. The second-order valence-corrected chi connectivity index (χ2v) is 8.70. The van der Waals surface area contributed by atoms with Crippen molar-refractivity contribution in [2.24, 2.45) is 0 Å². The van der Waals surface area contributed by atoms with Crippen LogP contribution in [-0.4, -0.2) is 26.8 Å². The second kappa shape index (κ2) is 9.45. The maximum Gasteiger partial charge on any atom is 0.267 e. The van der Waals surface area contributed by atoms with E-state index in [2.05, 4.69) is 63.6 Å². The van der Waals surface area contributed by atoms with Crippen LogP contribution in [0.4, 0.5) is 0 Å². The van der Waals surface area contributed by atoms with Crippen molar-refractivity contribution in [2.75, 3.05) is 6.54 Å². The summed E-state index contributed by atoms with van der Waals surface area (Å²) in [5, 5.41) is 8.61. The molecule has 6 nitrogen and oxygen atoms in total. The van der Waals surface area contributed by atoms with E-state index < -0.39 is 0 Å². The number of nitrogens with one attached hydrogen (secondary N) is 1. The fraction of sp³-hybridized carbons (Fsp3) is 0.296. The maximum atomic E-state index is 12.5. The highest BCUT2D eigenvalue weighted by Gasteiger charge is 2.15. The summed E-state index contributed by atoms with van der Waals surface area (Å²) < 4.78 is 3.56. The predicted molar refractivity (Wildman–Crippen MR) is 129 cm³/mol. The second-order valence-electron chi connectivity index (χ2n) is 8.70. The van der Waals surface area contributed by atoms with Crippen LogP contribution in [0.1, 0.15) is 35.2 Å². The average molecular weight is 441 g/mol. The molecule has 1 aliphatic carbocycles. The molecule has 5 rings (SSSR count). The van der Waals surface area contributed by atoms with E-state index in [0.717, 1.165) is 49.9 Å².